The lowest BCUT2D eigenvalue weighted by Gasteiger charge is -1.87. The number of hydrogen-bond donors (Lipinski definition) is 0. The first kappa shape index (κ1) is 2.70. The van der Waals surface area contributed by atoms with Gasteiger partial charge in [-0.15, -0.1) is 0 Å². The Morgan fingerprint density at radius 3 is 3.20 bits per heavy atom. The van der Waals surface area contributed by atoms with Crippen LogP contribution in [-0.2, 0) is 0 Å². The summed E-state index contributed by atoms with van der Waals surface area (Å²) < 4.78 is 42.6. The zero-order valence-corrected chi connectivity index (χ0v) is 6.37. The molecule has 0 saturated carbocycles. The van der Waals surface area contributed by atoms with Gasteiger partial charge in [-0.05, 0) is 24.2 Å². The van der Waals surface area contributed by atoms with E-state index < -0.39 is 0 Å². The van der Waals surface area contributed by atoms with Crippen LogP contribution in [0.25, 0.3) is 11.0 Å². The van der Waals surface area contributed by atoms with E-state index in [1.165, 1.54) is 0 Å². The van der Waals surface area contributed by atoms with Gasteiger partial charge < -0.3 is 4.42 Å². The molecule has 2 rings (SSSR count). The minimum atomic E-state index is -0.385. The van der Waals surface area contributed by atoms with E-state index in [2.05, 4.69) is 15.9 Å². The molecular formula is C8H5BrO. The Hall–Kier alpha value is -0.760. The number of furan rings is 1. The van der Waals surface area contributed by atoms with E-state index in [9.17, 15) is 0 Å². The molecule has 0 N–H and O–H groups in total. The highest BCUT2D eigenvalue weighted by Crippen LogP contribution is 2.19. The SMILES string of the molecule is [2H]c1oc2c([2H])c([2H])c(Br)c([2H])c2c1[2H]. The summed E-state index contributed by atoms with van der Waals surface area (Å²) in [6.45, 7) is 0. The highest BCUT2D eigenvalue weighted by Gasteiger charge is 1.94. The van der Waals surface area contributed by atoms with Crippen LogP contribution in [0, 0.1) is 0 Å². The topological polar surface area (TPSA) is 13.1 Å². The molecule has 0 aliphatic heterocycles. The maximum atomic E-state index is 7.67. The first-order chi connectivity index (χ1) is 6.95. The van der Waals surface area contributed by atoms with Gasteiger partial charge in [-0.1, -0.05) is 15.9 Å². The summed E-state index contributed by atoms with van der Waals surface area (Å²) in [5.74, 6) is 0. The lowest BCUT2D eigenvalue weighted by Crippen LogP contribution is -1.62. The summed E-state index contributed by atoms with van der Waals surface area (Å²) in [6, 6.07) is -0.677. The molecule has 0 bridgehead atoms. The molecule has 50 valence electrons. The van der Waals surface area contributed by atoms with Crippen molar-refractivity contribution in [3.63, 3.8) is 0 Å². The number of hydrogen-bond acceptors (Lipinski definition) is 1. The minimum Gasteiger partial charge on any atom is -0.464 e. The molecule has 1 aromatic carbocycles. The molecule has 1 heterocycles. The molecule has 2 heteroatoms. The zero-order chi connectivity index (χ0) is 11.3. The highest BCUT2D eigenvalue weighted by molar-refractivity contribution is 9.10. The van der Waals surface area contributed by atoms with Crippen LogP contribution in [-0.4, -0.2) is 0 Å². The Bertz CT molecular complexity index is 562. The van der Waals surface area contributed by atoms with Crippen LogP contribution >= 0.6 is 15.9 Å². The molecule has 10 heavy (non-hydrogen) atoms. The number of rotatable bonds is 0. The summed E-state index contributed by atoms with van der Waals surface area (Å²) in [4.78, 5) is 0. The van der Waals surface area contributed by atoms with Crippen LogP contribution in [0.15, 0.2) is 39.3 Å². The Morgan fingerprint density at radius 2 is 2.30 bits per heavy atom. The van der Waals surface area contributed by atoms with Crippen molar-refractivity contribution in [1.82, 2.24) is 0 Å². The third kappa shape index (κ3) is 0.847. The van der Waals surface area contributed by atoms with Crippen molar-refractivity contribution in [3.05, 3.63) is 34.9 Å². The molecule has 0 radical (unpaired) electrons. The number of fused-ring (bicyclic) bond motifs is 1. The van der Waals surface area contributed by atoms with Crippen molar-refractivity contribution in [3.8, 4) is 0 Å². The second-order valence-electron chi connectivity index (χ2n) is 1.72. The van der Waals surface area contributed by atoms with E-state index in [1.807, 2.05) is 0 Å². The average Bonchev–Trinajstić information content (AvgIpc) is 2.50. The van der Waals surface area contributed by atoms with Gasteiger partial charge in [-0.3, -0.25) is 0 Å². The molecule has 1 aromatic heterocycles. The van der Waals surface area contributed by atoms with Gasteiger partial charge in [0.15, 0.2) is 0 Å². The average molecular weight is 202 g/mol. The molecular weight excluding hydrogens is 192 g/mol. The fourth-order valence-corrected chi connectivity index (χ4v) is 0.961. The summed E-state index contributed by atoms with van der Waals surface area (Å²) in [6.07, 6.45) is -0.385. The minimum absolute atomic E-state index is 0.0387. The summed E-state index contributed by atoms with van der Waals surface area (Å²) in [5.41, 5.74) is -0.0387. The van der Waals surface area contributed by atoms with Crippen LogP contribution in [0.1, 0.15) is 6.85 Å². The fourth-order valence-electron chi connectivity index (χ4n) is 0.664. The van der Waals surface area contributed by atoms with Crippen LogP contribution in [0.4, 0.5) is 0 Å². The second-order valence-corrected chi connectivity index (χ2v) is 2.52. The maximum absolute atomic E-state index is 7.67. The van der Waals surface area contributed by atoms with Gasteiger partial charge in [0, 0.05) is 9.86 Å². The Kier molecular flexibility index (Phi) is 0.575. The monoisotopic (exact) mass is 201 g/mol. The van der Waals surface area contributed by atoms with E-state index in [0.717, 1.165) is 0 Å². The van der Waals surface area contributed by atoms with Gasteiger partial charge in [0.25, 0.3) is 0 Å². The van der Waals surface area contributed by atoms with Crippen molar-refractivity contribution in [2.24, 2.45) is 0 Å². The Balaban J connectivity index is 3.07. The zero-order valence-electron chi connectivity index (χ0n) is 9.79. The smallest absolute Gasteiger partial charge is 0.133 e. The Labute approximate surface area is 73.8 Å². The molecule has 1 nitrogen and oxygen atoms in total. The lowest BCUT2D eigenvalue weighted by atomic mass is 10.3. The van der Waals surface area contributed by atoms with E-state index >= 15 is 0 Å². The first-order valence-corrected chi connectivity index (χ1v) is 3.39. The molecule has 0 aliphatic rings. The molecule has 0 spiro atoms. The summed E-state index contributed by atoms with van der Waals surface area (Å²) in [7, 11) is 0. The third-order valence-electron chi connectivity index (χ3n) is 1.08. The molecule has 0 saturated heterocycles. The van der Waals surface area contributed by atoms with Crippen LogP contribution in [0.2, 0.25) is 0 Å². The molecule has 0 fully saturated rings. The van der Waals surface area contributed by atoms with Crippen LogP contribution in [0.5, 0.6) is 0 Å². The molecule has 0 aliphatic carbocycles. The molecule has 0 amide bonds. The molecule has 0 unspecified atom stereocenters. The quantitative estimate of drug-likeness (QED) is 0.639. The normalized spacial score (nSPS) is 17.5. The van der Waals surface area contributed by atoms with Crippen molar-refractivity contribution in [2.75, 3.05) is 0 Å². The van der Waals surface area contributed by atoms with Crippen molar-refractivity contribution in [2.45, 2.75) is 0 Å². The molecule has 0 atom stereocenters. The van der Waals surface area contributed by atoms with E-state index in [0.29, 0.717) is 0 Å². The summed E-state index contributed by atoms with van der Waals surface area (Å²) in [5, 5.41) is 0.105. The van der Waals surface area contributed by atoms with Gasteiger partial charge in [0.2, 0.25) is 0 Å². The molecule has 2 aromatic rings. The van der Waals surface area contributed by atoms with E-state index in [-0.39, 0.29) is 45.9 Å². The summed E-state index contributed by atoms with van der Waals surface area (Å²) >= 11 is 3.01. The predicted molar refractivity (Wildman–Crippen MR) is 43.9 cm³/mol. The maximum Gasteiger partial charge on any atom is 0.133 e. The van der Waals surface area contributed by atoms with Gasteiger partial charge in [0.05, 0.1) is 11.7 Å². The van der Waals surface area contributed by atoms with Crippen molar-refractivity contribution >= 4 is 26.9 Å². The third-order valence-corrected chi connectivity index (χ3v) is 1.47. The van der Waals surface area contributed by atoms with Gasteiger partial charge >= 0.3 is 0 Å². The lowest BCUT2D eigenvalue weighted by molar-refractivity contribution is 0.616. The first-order valence-electron chi connectivity index (χ1n) is 5.10. The van der Waals surface area contributed by atoms with Crippen molar-refractivity contribution < 1.29 is 11.3 Å². The standard InChI is InChI=1S/C8H5BrO/c9-7-1-2-8-6(5-7)3-4-10-8/h1-5H/i1D,2D,3D,4D,5D. The van der Waals surface area contributed by atoms with Crippen LogP contribution < -0.4 is 0 Å². The predicted octanol–water partition coefficient (Wildman–Crippen LogP) is 3.20. The van der Waals surface area contributed by atoms with Gasteiger partial charge in [-0.25, -0.2) is 0 Å². The van der Waals surface area contributed by atoms with Crippen LogP contribution in [0.3, 0.4) is 0 Å². The largest absolute Gasteiger partial charge is 0.464 e. The number of halogens is 1. The fraction of sp³-hybridized carbons (Fsp3) is 0. The Morgan fingerprint density at radius 1 is 1.40 bits per heavy atom. The van der Waals surface area contributed by atoms with Gasteiger partial charge in [0.1, 0.15) is 6.95 Å². The highest BCUT2D eigenvalue weighted by atomic mass is 79.9. The second kappa shape index (κ2) is 2.13. The van der Waals surface area contributed by atoms with E-state index in [4.69, 9.17) is 11.3 Å². The van der Waals surface area contributed by atoms with Crippen molar-refractivity contribution in [1.29, 1.82) is 0 Å². The van der Waals surface area contributed by atoms with Gasteiger partial charge in [-0.2, -0.15) is 0 Å². The number of benzene rings is 1. The van der Waals surface area contributed by atoms with E-state index in [1.54, 1.807) is 0 Å².